The van der Waals surface area contributed by atoms with Gasteiger partial charge in [-0.25, -0.2) is 0 Å². The first kappa shape index (κ1) is 15.4. The van der Waals surface area contributed by atoms with Crippen molar-refractivity contribution in [3.8, 4) is 0 Å². The summed E-state index contributed by atoms with van der Waals surface area (Å²) in [5.41, 5.74) is 0.889. The molecule has 5 nitrogen and oxygen atoms in total. The molecule has 3 heterocycles. The molecule has 120 valence electrons. The highest BCUT2D eigenvalue weighted by Crippen LogP contribution is 2.27. The Kier molecular flexibility index (Phi) is 5.05. The number of hydrogen-bond acceptors (Lipinski definition) is 4. The van der Waals surface area contributed by atoms with Crippen LogP contribution in [0.15, 0.2) is 24.4 Å². The zero-order valence-corrected chi connectivity index (χ0v) is 13.4. The first-order valence-electron chi connectivity index (χ1n) is 8.47. The summed E-state index contributed by atoms with van der Waals surface area (Å²) >= 11 is 0. The zero-order chi connectivity index (χ0) is 15.4. The van der Waals surface area contributed by atoms with Gasteiger partial charge in [0.25, 0.3) is 0 Å². The maximum absolute atomic E-state index is 13.1. The zero-order valence-electron chi connectivity index (χ0n) is 13.4. The molecule has 1 aromatic heterocycles. The molecule has 22 heavy (non-hydrogen) atoms. The van der Waals surface area contributed by atoms with Crippen LogP contribution in [0, 0.1) is 0 Å². The van der Waals surface area contributed by atoms with Crippen molar-refractivity contribution < 1.29 is 4.79 Å². The van der Waals surface area contributed by atoms with E-state index >= 15 is 0 Å². The SMILES string of the molecule is CCC1CNCCN1C(C(=O)N1CCCC1)c1ccccn1. The smallest absolute Gasteiger partial charge is 0.246 e. The molecule has 2 saturated heterocycles. The van der Waals surface area contributed by atoms with Gasteiger partial charge in [-0.15, -0.1) is 0 Å². The second-order valence-electron chi connectivity index (χ2n) is 6.19. The van der Waals surface area contributed by atoms with Gasteiger partial charge in [0.05, 0.1) is 5.69 Å². The fraction of sp³-hybridized carbons (Fsp3) is 0.647. The van der Waals surface area contributed by atoms with Crippen LogP contribution >= 0.6 is 0 Å². The van der Waals surface area contributed by atoms with Crippen LogP contribution in [0.1, 0.15) is 37.9 Å². The number of aromatic nitrogens is 1. The summed E-state index contributed by atoms with van der Waals surface area (Å²) in [6, 6.07) is 6.05. The van der Waals surface area contributed by atoms with Crippen molar-refractivity contribution in [3.05, 3.63) is 30.1 Å². The highest BCUT2D eigenvalue weighted by atomic mass is 16.2. The predicted molar refractivity (Wildman–Crippen MR) is 86.4 cm³/mol. The lowest BCUT2D eigenvalue weighted by molar-refractivity contribution is -0.138. The molecule has 2 fully saturated rings. The molecule has 1 amide bonds. The fourth-order valence-corrected chi connectivity index (χ4v) is 3.58. The summed E-state index contributed by atoms with van der Waals surface area (Å²) in [6.07, 6.45) is 5.09. The number of piperazine rings is 1. The lowest BCUT2D eigenvalue weighted by Crippen LogP contribution is -2.55. The lowest BCUT2D eigenvalue weighted by Gasteiger charge is -2.41. The summed E-state index contributed by atoms with van der Waals surface area (Å²) in [5, 5.41) is 3.44. The van der Waals surface area contributed by atoms with Crippen molar-refractivity contribution >= 4 is 5.91 Å². The quantitative estimate of drug-likeness (QED) is 0.914. The number of carbonyl (C=O) groups excluding carboxylic acids is 1. The van der Waals surface area contributed by atoms with E-state index < -0.39 is 0 Å². The number of nitrogens with zero attached hydrogens (tertiary/aromatic N) is 3. The number of nitrogens with one attached hydrogen (secondary N) is 1. The van der Waals surface area contributed by atoms with Gasteiger partial charge in [0.2, 0.25) is 5.91 Å². The van der Waals surface area contributed by atoms with Gasteiger partial charge in [-0.3, -0.25) is 14.7 Å². The highest BCUT2D eigenvalue weighted by molar-refractivity contribution is 5.83. The average Bonchev–Trinajstić information content (AvgIpc) is 3.11. The monoisotopic (exact) mass is 302 g/mol. The van der Waals surface area contributed by atoms with E-state index in [1.807, 2.05) is 23.1 Å². The van der Waals surface area contributed by atoms with Crippen LogP contribution in [0.5, 0.6) is 0 Å². The van der Waals surface area contributed by atoms with E-state index in [0.717, 1.165) is 57.7 Å². The summed E-state index contributed by atoms with van der Waals surface area (Å²) in [4.78, 5) is 22.0. The second-order valence-corrected chi connectivity index (χ2v) is 6.19. The molecule has 0 radical (unpaired) electrons. The molecule has 0 spiro atoms. The standard InChI is InChI=1S/C17H26N4O/c1-2-14-13-18-9-12-21(14)16(15-7-3-4-8-19-15)17(22)20-10-5-6-11-20/h3-4,7-8,14,16,18H,2,5-6,9-13H2,1H3. The number of pyridine rings is 1. The maximum atomic E-state index is 13.1. The van der Waals surface area contributed by atoms with E-state index in [1.165, 1.54) is 0 Å². The molecule has 0 saturated carbocycles. The van der Waals surface area contributed by atoms with Crippen molar-refractivity contribution in [1.29, 1.82) is 0 Å². The second kappa shape index (κ2) is 7.20. The summed E-state index contributed by atoms with van der Waals surface area (Å²) in [5.74, 6) is 0.233. The Bertz CT molecular complexity index is 487. The van der Waals surface area contributed by atoms with Crippen molar-refractivity contribution in [2.75, 3.05) is 32.7 Å². The van der Waals surface area contributed by atoms with Gasteiger partial charge >= 0.3 is 0 Å². The van der Waals surface area contributed by atoms with Gasteiger partial charge < -0.3 is 10.2 Å². The Morgan fingerprint density at radius 1 is 1.36 bits per heavy atom. The molecule has 5 heteroatoms. The third kappa shape index (κ3) is 3.15. The van der Waals surface area contributed by atoms with Crippen LogP contribution in [-0.4, -0.2) is 59.5 Å². The molecule has 2 aliphatic rings. The molecule has 2 aliphatic heterocycles. The Morgan fingerprint density at radius 3 is 2.86 bits per heavy atom. The largest absolute Gasteiger partial charge is 0.341 e. The van der Waals surface area contributed by atoms with Gasteiger partial charge in [-0.05, 0) is 31.4 Å². The van der Waals surface area contributed by atoms with E-state index in [2.05, 4.69) is 22.1 Å². The van der Waals surface area contributed by atoms with Crippen molar-refractivity contribution in [2.24, 2.45) is 0 Å². The predicted octanol–water partition coefficient (Wildman–Crippen LogP) is 1.43. The van der Waals surface area contributed by atoms with E-state index in [4.69, 9.17) is 0 Å². The molecule has 1 N–H and O–H groups in total. The number of rotatable bonds is 4. The number of amides is 1. The molecular formula is C17H26N4O. The third-order valence-electron chi connectivity index (χ3n) is 4.82. The van der Waals surface area contributed by atoms with Crippen molar-refractivity contribution in [1.82, 2.24) is 20.1 Å². The van der Waals surface area contributed by atoms with E-state index in [1.54, 1.807) is 6.20 Å². The van der Waals surface area contributed by atoms with Gasteiger partial charge in [-0.1, -0.05) is 13.0 Å². The molecule has 2 unspecified atom stereocenters. The molecule has 0 aliphatic carbocycles. The van der Waals surface area contributed by atoms with Gasteiger partial charge in [0.1, 0.15) is 6.04 Å². The fourth-order valence-electron chi connectivity index (χ4n) is 3.58. The molecule has 2 atom stereocenters. The maximum Gasteiger partial charge on any atom is 0.246 e. The minimum Gasteiger partial charge on any atom is -0.341 e. The number of hydrogen-bond donors (Lipinski definition) is 1. The van der Waals surface area contributed by atoms with Crippen LogP contribution in [0.25, 0.3) is 0 Å². The Hall–Kier alpha value is -1.46. The van der Waals surface area contributed by atoms with Crippen LogP contribution in [-0.2, 0) is 4.79 Å². The minimum absolute atomic E-state index is 0.230. The molecule has 0 aromatic carbocycles. The van der Waals surface area contributed by atoms with E-state index in [9.17, 15) is 4.79 Å². The lowest BCUT2D eigenvalue weighted by atomic mass is 10.0. The first-order chi connectivity index (χ1) is 10.8. The number of carbonyl (C=O) groups is 1. The number of likely N-dealkylation sites (tertiary alicyclic amines) is 1. The average molecular weight is 302 g/mol. The minimum atomic E-state index is -0.230. The Morgan fingerprint density at radius 2 is 2.18 bits per heavy atom. The normalized spacial score (nSPS) is 24.4. The third-order valence-corrected chi connectivity index (χ3v) is 4.82. The van der Waals surface area contributed by atoms with Crippen molar-refractivity contribution in [3.63, 3.8) is 0 Å². The summed E-state index contributed by atoms with van der Waals surface area (Å²) < 4.78 is 0. The summed E-state index contributed by atoms with van der Waals surface area (Å²) in [6.45, 7) is 6.77. The van der Waals surface area contributed by atoms with Gasteiger partial charge in [0.15, 0.2) is 0 Å². The van der Waals surface area contributed by atoms with Crippen molar-refractivity contribution in [2.45, 2.75) is 38.3 Å². The molecular weight excluding hydrogens is 276 g/mol. The molecule has 3 rings (SSSR count). The first-order valence-corrected chi connectivity index (χ1v) is 8.47. The molecule has 0 bridgehead atoms. The molecule has 1 aromatic rings. The van der Waals surface area contributed by atoms with Crippen LogP contribution in [0.4, 0.5) is 0 Å². The Balaban J connectivity index is 1.89. The van der Waals surface area contributed by atoms with Crippen LogP contribution in [0.2, 0.25) is 0 Å². The van der Waals surface area contributed by atoms with E-state index in [-0.39, 0.29) is 11.9 Å². The Labute approximate surface area is 132 Å². The van der Waals surface area contributed by atoms with Gasteiger partial charge in [-0.2, -0.15) is 0 Å². The van der Waals surface area contributed by atoms with E-state index in [0.29, 0.717) is 6.04 Å². The summed E-state index contributed by atoms with van der Waals surface area (Å²) in [7, 11) is 0. The van der Waals surface area contributed by atoms with Crippen LogP contribution in [0.3, 0.4) is 0 Å². The highest BCUT2D eigenvalue weighted by Gasteiger charge is 2.37. The van der Waals surface area contributed by atoms with Gasteiger partial charge in [0, 0.05) is 45.0 Å². The van der Waals surface area contributed by atoms with Crippen LogP contribution < -0.4 is 5.32 Å². The topological polar surface area (TPSA) is 48.5 Å².